The van der Waals surface area contributed by atoms with E-state index in [2.05, 4.69) is 144 Å². The van der Waals surface area contributed by atoms with Crippen molar-refractivity contribution in [3.63, 3.8) is 0 Å². The molecule has 1 aromatic heterocycles. The second kappa shape index (κ2) is 8.99. The molecule has 1 aliphatic heterocycles. The van der Waals surface area contributed by atoms with Gasteiger partial charge in [0, 0.05) is 31.6 Å². The molecule has 208 valence electrons. The molecule has 0 amide bonds. The summed E-state index contributed by atoms with van der Waals surface area (Å²) in [5, 5.41) is 14.4. The zero-order valence-corrected chi connectivity index (χ0v) is 25.0. The van der Waals surface area contributed by atoms with Gasteiger partial charge in [0.1, 0.15) is 0 Å². The normalized spacial score (nSPS) is 13.8. The summed E-state index contributed by atoms with van der Waals surface area (Å²) in [6.07, 6.45) is 0. The minimum atomic E-state index is -0.418. The predicted octanol–water partition coefficient (Wildman–Crippen LogP) is 10.6. The number of hydrogen-bond donors (Lipinski definition) is 0. The first kappa shape index (κ1) is 24.8. The van der Waals surface area contributed by atoms with Crippen LogP contribution < -0.4 is 0 Å². The Hall–Kier alpha value is -5.56. The molecule has 0 radical (unpaired) electrons. The van der Waals surface area contributed by atoms with Crippen LogP contribution >= 0.6 is 11.8 Å². The zero-order chi connectivity index (χ0) is 29.7. The van der Waals surface area contributed by atoms with Crippen molar-refractivity contribution in [2.45, 2.75) is 15.2 Å². The number of aromatic nitrogens is 1. The van der Waals surface area contributed by atoms with Crippen LogP contribution in [0, 0.1) is 11.3 Å². The van der Waals surface area contributed by atoms with Gasteiger partial charge in [-0.3, -0.25) is 0 Å². The van der Waals surface area contributed by atoms with Crippen LogP contribution in [0.2, 0.25) is 0 Å². The molecule has 3 heteroatoms. The fourth-order valence-electron chi connectivity index (χ4n) is 8.08. The minimum absolute atomic E-state index is 0.418. The van der Waals surface area contributed by atoms with E-state index < -0.39 is 5.41 Å². The van der Waals surface area contributed by atoms with Gasteiger partial charge in [0.15, 0.2) is 0 Å². The summed E-state index contributed by atoms with van der Waals surface area (Å²) < 4.78 is 2.40. The summed E-state index contributed by atoms with van der Waals surface area (Å²) >= 11 is 1.87. The number of nitrogens with zero attached hydrogens (tertiary/aromatic N) is 2. The first-order valence-corrected chi connectivity index (χ1v) is 16.1. The molecule has 2 heterocycles. The monoisotopic (exact) mass is 588 g/mol. The van der Waals surface area contributed by atoms with Crippen molar-refractivity contribution in [2.24, 2.45) is 0 Å². The van der Waals surface area contributed by atoms with E-state index in [0.29, 0.717) is 5.56 Å². The van der Waals surface area contributed by atoms with Gasteiger partial charge in [0.2, 0.25) is 0 Å². The van der Waals surface area contributed by atoms with E-state index in [-0.39, 0.29) is 0 Å². The van der Waals surface area contributed by atoms with Gasteiger partial charge in [-0.1, -0.05) is 115 Å². The number of benzene rings is 7. The molecule has 0 fully saturated rings. The van der Waals surface area contributed by atoms with E-state index in [9.17, 15) is 5.26 Å². The van der Waals surface area contributed by atoms with Crippen LogP contribution in [0.25, 0.3) is 49.4 Å². The largest absolute Gasteiger partial charge is 0.309 e. The van der Waals surface area contributed by atoms with Crippen molar-refractivity contribution in [1.82, 2.24) is 4.57 Å². The van der Waals surface area contributed by atoms with E-state index in [4.69, 9.17) is 0 Å². The molecule has 0 bridgehead atoms. The second-order valence-electron chi connectivity index (χ2n) is 12.0. The Balaban J connectivity index is 1.39. The highest BCUT2D eigenvalue weighted by atomic mass is 32.2. The molecular weight excluding hydrogens is 565 g/mol. The van der Waals surface area contributed by atoms with E-state index in [1.54, 1.807) is 0 Å². The van der Waals surface area contributed by atoms with E-state index >= 15 is 0 Å². The number of nitriles is 1. The predicted molar refractivity (Wildman–Crippen MR) is 184 cm³/mol. The third kappa shape index (κ3) is 3.14. The Morgan fingerprint density at radius 1 is 0.533 bits per heavy atom. The fourth-order valence-corrected chi connectivity index (χ4v) is 9.29. The molecule has 0 atom stereocenters. The van der Waals surface area contributed by atoms with E-state index in [1.165, 1.54) is 75.7 Å². The Bertz CT molecular complexity index is 2540. The first-order valence-electron chi connectivity index (χ1n) is 15.2. The zero-order valence-electron chi connectivity index (χ0n) is 24.2. The Kier molecular flexibility index (Phi) is 4.96. The van der Waals surface area contributed by atoms with Crippen LogP contribution in [0.4, 0.5) is 0 Å². The van der Waals surface area contributed by atoms with Crippen molar-refractivity contribution in [3.05, 3.63) is 173 Å². The third-order valence-corrected chi connectivity index (χ3v) is 11.0. The highest BCUT2D eigenvalue weighted by molar-refractivity contribution is 7.99. The number of rotatable bonds is 1. The van der Waals surface area contributed by atoms with Crippen LogP contribution in [0.1, 0.15) is 27.8 Å². The Labute approximate surface area is 264 Å². The molecule has 8 aromatic rings. The molecule has 45 heavy (non-hydrogen) atoms. The minimum Gasteiger partial charge on any atom is -0.309 e. The summed E-state index contributed by atoms with van der Waals surface area (Å²) in [6.45, 7) is 0. The van der Waals surface area contributed by atoms with Gasteiger partial charge < -0.3 is 4.57 Å². The number of hydrogen-bond acceptors (Lipinski definition) is 2. The smallest absolute Gasteiger partial charge is 0.0991 e. The fraction of sp³-hybridized carbons (Fsp3) is 0.0238. The van der Waals surface area contributed by atoms with Crippen LogP contribution in [0.3, 0.4) is 0 Å². The second-order valence-corrected chi connectivity index (χ2v) is 13.1. The van der Waals surface area contributed by atoms with E-state index in [1.807, 2.05) is 23.9 Å². The van der Waals surface area contributed by atoms with Crippen LogP contribution in [-0.2, 0) is 5.41 Å². The molecular formula is C42H24N2S. The van der Waals surface area contributed by atoms with Gasteiger partial charge in [0.25, 0.3) is 0 Å². The lowest BCUT2D eigenvalue weighted by Gasteiger charge is -2.39. The van der Waals surface area contributed by atoms with Crippen molar-refractivity contribution in [2.75, 3.05) is 0 Å². The molecule has 1 aliphatic carbocycles. The van der Waals surface area contributed by atoms with Gasteiger partial charge >= 0.3 is 0 Å². The SMILES string of the molecule is N#Cc1ccc(-n2c3cc4c(cc3c3ccc5ccccc5c32)C2(c3ccccc3S4)c3ccccc3-c3ccccc32)cc1. The van der Waals surface area contributed by atoms with Crippen molar-refractivity contribution in [3.8, 4) is 22.9 Å². The van der Waals surface area contributed by atoms with Crippen molar-refractivity contribution in [1.29, 1.82) is 5.26 Å². The van der Waals surface area contributed by atoms with Crippen LogP contribution in [0.15, 0.2) is 155 Å². The van der Waals surface area contributed by atoms with Gasteiger partial charge in [-0.15, -0.1) is 0 Å². The standard InChI is InChI=1S/C42H24N2S/c43-25-26-17-20-28(21-18-26)44-38-24-40-37(23-33(38)32-22-19-27-9-1-2-10-29(27)41(32)44)42(36-15-7-8-16-39(36)45-40)34-13-5-3-11-30(34)31-12-4-6-14-35(31)42/h1-24H. The summed E-state index contributed by atoms with van der Waals surface area (Å²) in [4.78, 5) is 2.57. The summed E-state index contributed by atoms with van der Waals surface area (Å²) in [6, 6.07) is 55.3. The Morgan fingerprint density at radius 2 is 1.20 bits per heavy atom. The van der Waals surface area contributed by atoms with Gasteiger partial charge in [-0.05, 0) is 81.2 Å². The molecule has 1 spiro atoms. The summed E-state index contributed by atoms with van der Waals surface area (Å²) in [5.74, 6) is 0. The molecule has 2 aliphatic rings. The molecule has 2 nitrogen and oxygen atoms in total. The lowest BCUT2D eigenvalue weighted by atomic mass is 9.67. The highest BCUT2D eigenvalue weighted by Crippen LogP contribution is 2.62. The van der Waals surface area contributed by atoms with Crippen LogP contribution in [-0.4, -0.2) is 4.57 Å². The number of fused-ring (bicyclic) bond motifs is 14. The molecule has 0 saturated carbocycles. The Morgan fingerprint density at radius 3 is 1.96 bits per heavy atom. The first-order chi connectivity index (χ1) is 22.3. The molecule has 0 saturated heterocycles. The lowest BCUT2D eigenvalue weighted by Crippen LogP contribution is -2.31. The lowest BCUT2D eigenvalue weighted by molar-refractivity contribution is 0.724. The van der Waals surface area contributed by atoms with Gasteiger partial charge in [0.05, 0.1) is 28.1 Å². The summed E-state index contributed by atoms with van der Waals surface area (Å²) in [7, 11) is 0. The molecule has 0 unspecified atom stereocenters. The van der Waals surface area contributed by atoms with E-state index in [0.717, 1.165) is 5.69 Å². The summed E-state index contributed by atoms with van der Waals surface area (Å²) in [5.41, 5.74) is 11.7. The molecule has 10 rings (SSSR count). The average Bonchev–Trinajstić information content (AvgIpc) is 3.58. The van der Waals surface area contributed by atoms with Gasteiger partial charge in [-0.25, -0.2) is 0 Å². The van der Waals surface area contributed by atoms with Crippen molar-refractivity contribution >= 4 is 44.3 Å². The topological polar surface area (TPSA) is 28.7 Å². The maximum Gasteiger partial charge on any atom is 0.0991 e. The maximum absolute atomic E-state index is 9.54. The molecule has 0 N–H and O–H groups in total. The quantitative estimate of drug-likeness (QED) is 0.191. The van der Waals surface area contributed by atoms with Gasteiger partial charge in [-0.2, -0.15) is 5.26 Å². The highest BCUT2D eigenvalue weighted by Gasteiger charge is 2.50. The molecule has 7 aromatic carbocycles. The van der Waals surface area contributed by atoms with Crippen molar-refractivity contribution < 1.29 is 0 Å². The maximum atomic E-state index is 9.54. The van der Waals surface area contributed by atoms with Crippen LogP contribution in [0.5, 0.6) is 0 Å². The average molecular weight is 589 g/mol. The third-order valence-electron chi connectivity index (χ3n) is 9.88.